The number of phenolic OH excluding ortho intramolecular Hbond substituents is 2. The fourth-order valence-corrected chi connectivity index (χ4v) is 2.89. The van der Waals surface area contributed by atoms with Crippen LogP contribution in [0.2, 0.25) is 10.0 Å². The van der Waals surface area contributed by atoms with Gasteiger partial charge in [-0.05, 0) is 48.2 Å². The highest BCUT2D eigenvalue weighted by Crippen LogP contribution is 2.40. The predicted molar refractivity (Wildman–Crippen MR) is 87.8 cm³/mol. The molecule has 0 radical (unpaired) electrons. The van der Waals surface area contributed by atoms with Gasteiger partial charge < -0.3 is 10.2 Å². The Balaban J connectivity index is 2.61. The second-order valence-electron chi connectivity index (χ2n) is 5.87. The number of rotatable bonds is 2. The van der Waals surface area contributed by atoms with Gasteiger partial charge in [0.05, 0.1) is 10.0 Å². The standard InChI is InChI=1S/C17H18Cl2O2/c1-9-5-11(7-13(18)15(9)20)17(3,4)12-6-10(2)16(21)14(19)8-12/h5-8,20-21H,1-4H3. The van der Waals surface area contributed by atoms with Crippen molar-refractivity contribution < 1.29 is 10.2 Å². The first kappa shape index (κ1) is 16.0. The van der Waals surface area contributed by atoms with E-state index in [1.165, 1.54) is 0 Å². The molecule has 0 amide bonds. The Morgan fingerprint density at radius 1 is 0.762 bits per heavy atom. The van der Waals surface area contributed by atoms with Crippen LogP contribution in [-0.2, 0) is 5.41 Å². The van der Waals surface area contributed by atoms with Crippen LogP contribution in [0.1, 0.15) is 36.1 Å². The van der Waals surface area contributed by atoms with E-state index in [-0.39, 0.29) is 16.9 Å². The lowest BCUT2D eigenvalue weighted by Crippen LogP contribution is -2.19. The van der Waals surface area contributed by atoms with E-state index in [9.17, 15) is 10.2 Å². The average Bonchev–Trinajstić information content (AvgIpc) is 2.40. The van der Waals surface area contributed by atoms with Crippen LogP contribution in [-0.4, -0.2) is 10.2 Å². The minimum absolute atomic E-state index is 0.108. The van der Waals surface area contributed by atoms with E-state index in [2.05, 4.69) is 13.8 Å². The second kappa shape index (κ2) is 5.43. The van der Waals surface area contributed by atoms with Crippen LogP contribution in [0.4, 0.5) is 0 Å². The molecule has 0 atom stereocenters. The first-order chi connectivity index (χ1) is 9.64. The van der Waals surface area contributed by atoms with Gasteiger partial charge in [-0.15, -0.1) is 0 Å². The summed E-state index contributed by atoms with van der Waals surface area (Å²) in [6.45, 7) is 7.74. The average molecular weight is 325 g/mol. The Hall–Kier alpha value is -1.38. The molecule has 2 nitrogen and oxygen atoms in total. The highest BCUT2D eigenvalue weighted by atomic mass is 35.5. The normalized spacial score (nSPS) is 11.7. The zero-order valence-electron chi connectivity index (χ0n) is 12.5. The van der Waals surface area contributed by atoms with Gasteiger partial charge in [0.25, 0.3) is 0 Å². The van der Waals surface area contributed by atoms with Crippen molar-refractivity contribution in [3.8, 4) is 11.5 Å². The van der Waals surface area contributed by atoms with E-state index in [0.29, 0.717) is 10.0 Å². The van der Waals surface area contributed by atoms with Gasteiger partial charge in [0, 0.05) is 5.41 Å². The SMILES string of the molecule is Cc1cc(C(C)(C)c2cc(C)c(O)c(Cl)c2)cc(Cl)c1O. The maximum atomic E-state index is 9.81. The largest absolute Gasteiger partial charge is 0.506 e. The first-order valence-corrected chi connectivity index (χ1v) is 7.39. The van der Waals surface area contributed by atoms with E-state index in [4.69, 9.17) is 23.2 Å². The molecule has 2 rings (SSSR count). The van der Waals surface area contributed by atoms with Crippen LogP contribution in [0.3, 0.4) is 0 Å². The predicted octanol–water partition coefficient (Wildman–Crippen LogP) is 5.35. The fraction of sp³-hybridized carbons (Fsp3) is 0.294. The second-order valence-corrected chi connectivity index (χ2v) is 6.69. The molecule has 112 valence electrons. The molecule has 2 N–H and O–H groups in total. The smallest absolute Gasteiger partial charge is 0.137 e. The topological polar surface area (TPSA) is 40.5 Å². The third kappa shape index (κ3) is 2.83. The minimum Gasteiger partial charge on any atom is -0.506 e. The Morgan fingerprint density at radius 2 is 1.10 bits per heavy atom. The first-order valence-electron chi connectivity index (χ1n) is 6.63. The number of halogens is 2. The summed E-state index contributed by atoms with van der Waals surface area (Å²) in [7, 11) is 0. The lowest BCUT2D eigenvalue weighted by atomic mass is 9.77. The van der Waals surface area contributed by atoms with Gasteiger partial charge in [0.1, 0.15) is 11.5 Å². The van der Waals surface area contributed by atoms with Gasteiger partial charge in [-0.2, -0.15) is 0 Å². The molecule has 0 saturated carbocycles. The number of aryl methyl sites for hydroxylation is 2. The summed E-state index contributed by atoms with van der Waals surface area (Å²) in [4.78, 5) is 0. The van der Waals surface area contributed by atoms with Crippen molar-refractivity contribution in [1.82, 2.24) is 0 Å². The van der Waals surface area contributed by atoms with E-state index < -0.39 is 0 Å². The Bertz CT molecular complexity index is 600. The zero-order valence-corrected chi connectivity index (χ0v) is 14.0. The monoisotopic (exact) mass is 324 g/mol. The summed E-state index contributed by atoms with van der Waals surface area (Å²) in [5.74, 6) is 0.215. The molecule has 0 aliphatic heterocycles. The molecule has 4 heteroatoms. The van der Waals surface area contributed by atoms with Crippen LogP contribution in [0, 0.1) is 13.8 Å². The van der Waals surface area contributed by atoms with Crippen molar-refractivity contribution in [2.24, 2.45) is 0 Å². The van der Waals surface area contributed by atoms with E-state index >= 15 is 0 Å². The molecule has 0 spiro atoms. The molecule has 2 aromatic rings. The highest BCUT2D eigenvalue weighted by molar-refractivity contribution is 6.32. The van der Waals surface area contributed by atoms with E-state index in [0.717, 1.165) is 22.3 Å². The Labute approximate surface area is 135 Å². The minimum atomic E-state index is -0.357. The summed E-state index contributed by atoms with van der Waals surface area (Å²) in [6.07, 6.45) is 0. The number of hydrogen-bond acceptors (Lipinski definition) is 2. The van der Waals surface area contributed by atoms with Gasteiger partial charge in [-0.25, -0.2) is 0 Å². The summed E-state index contributed by atoms with van der Waals surface area (Å²) in [6, 6.07) is 7.36. The number of phenols is 2. The molecular formula is C17H18Cl2O2. The molecule has 0 bridgehead atoms. The maximum absolute atomic E-state index is 9.81. The molecule has 0 aliphatic rings. The van der Waals surface area contributed by atoms with Gasteiger partial charge in [0.15, 0.2) is 0 Å². The maximum Gasteiger partial charge on any atom is 0.137 e. The van der Waals surface area contributed by atoms with Crippen molar-refractivity contribution >= 4 is 23.2 Å². The van der Waals surface area contributed by atoms with Crippen LogP contribution in [0.25, 0.3) is 0 Å². The molecule has 21 heavy (non-hydrogen) atoms. The van der Waals surface area contributed by atoms with Crippen LogP contribution >= 0.6 is 23.2 Å². The molecule has 2 aromatic carbocycles. The quantitative estimate of drug-likeness (QED) is 0.781. The number of aromatic hydroxyl groups is 2. The summed E-state index contributed by atoms with van der Waals surface area (Å²) < 4.78 is 0. The molecule has 0 fully saturated rings. The number of hydrogen-bond donors (Lipinski definition) is 2. The summed E-state index contributed by atoms with van der Waals surface area (Å²) in [5, 5.41) is 20.3. The van der Waals surface area contributed by atoms with Gasteiger partial charge in [-0.3, -0.25) is 0 Å². The lowest BCUT2D eigenvalue weighted by molar-refractivity contribution is 0.469. The van der Waals surface area contributed by atoms with Gasteiger partial charge in [0.2, 0.25) is 0 Å². The van der Waals surface area contributed by atoms with Crippen molar-refractivity contribution in [3.63, 3.8) is 0 Å². The third-order valence-electron chi connectivity index (χ3n) is 3.95. The van der Waals surface area contributed by atoms with Crippen molar-refractivity contribution in [2.45, 2.75) is 33.1 Å². The third-order valence-corrected chi connectivity index (χ3v) is 4.53. The van der Waals surface area contributed by atoms with Crippen LogP contribution in [0.15, 0.2) is 24.3 Å². The van der Waals surface area contributed by atoms with Crippen LogP contribution in [0.5, 0.6) is 11.5 Å². The zero-order chi connectivity index (χ0) is 15.9. The van der Waals surface area contributed by atoms with Crippen molar-refractivity contribution in [1.29, 1.82) is 0 Å². The van der Waals surface area contributed by atoms with E-state index in [1.807, 2.05) is 26.0 Å². The van der Waals surface area contributed by atoms with E-state index in [1.54, 1.807) is 12.1 Å². The van der Waals surface area contributed by atoms with Crippen LogP contribution < -0.4 is 0 Å². The van der Waals surface area contributed by atoms with Gasteiger partial charge in [-0.1, -0.05) is 49.2 Å². The van der Waals surface area contributed by atoms with Crippen molar-refractivity contribution in [2.75, 3.05) is 0 Å². The fourth-order valence-electron chi connectivity index (χ4n) is 2.36. The summed E-state index contributed by atoms with van der Waals surface area (Å²) in [5.41, 5.74) is 3.05. The molecule has 0 saturated heterocycles. The molecule has 0 aliphatic carbocycles. The number of benzene rings is 2. The Kier molecular flexibility index (Phi) is 4.14. The highest BCUT2D eigenvalue weighted by Gasteiger charge is 2.26. The molecule has 0 heterocycles. The molecular weight excluding hydrogens is 307 g/mol. The summed E-state index contributed by atoms with van der Waals surface area (Å²) >= 11 is 12.2. The van der Waals surface area contributed by atoms with Crippen molar-refractivity contribution in [3.05, 3.63) is 56.6 Å². The Morgan fingerprint density at radius 3 is 1.38 bits per heavy atom. The molecule has 0 aromatic heterocycles. The van der Waals surface area contributed by atoms with Gasteiger partial charge >= 0.3 is 0 Å². The lowest BCUT2D eigenvalue weighted by Gasteiger charge is -2.28. The molecule has 0 unspecified atom stereocenters.